The van der Waals surface area contributed by atoms with Gasteiger partial charge in [-0.2, -0.15) is 0 Å². The number of hydrogen-bond acceptors (Lipinski definition) is 6. The van der Waals surface area contributed by atoms with Crippen LogP contribution in [0.25, 0.3) is 11.0 Å². The standard InChI is InChI=1S/C14H21N5O3/c1-2-9-7(3-4-15)12(20)14(22-9)19-6-17-11-8(19)5-10(16)18-13(11)21/h5-7,9,12,14,20H,2-4,15H2,1H3,(H3,16,18,21)/t7-,9-,12-,14-/m1/s1. The minimum absolute atomic E-state index is 0.0307. The molecule has 1 fully saturated rings. The van der Waals surface area contributed by atoms with Crippen molar-refractivity contribution in [2.75, 3.05) is 12.3 Å². The van der Waals surface area contributed by atoms with Crippen molar-refractivity contribution >= 4 is 16.9 Å². The van der Waals surface area contributed by atoms with Crippen LogP contribution in [0.15, 0.2) is 17.2 Å². The van der Waals surface area contributed by atoms with Gasteiger partial charge in [-0.3, -0.25) is 4.79 Å². The Morgan fingerprint density at radius 2 is 2.32 bits per heavy atom. The van der Waals surface area contributed by atoms with Gasteiger partial charge >= 0.3 is 0 Å². The molecule has 0 aromatic carbocycles. The smallest absolute Gasteiger partial charge is 0.277 e. The fourth-order valence-electron chi connectivity index (χ4n) is 3.23. The van der Waals surface area contributed by atoms with E-state index < -0.39 is 12.3 Å². The Bertz CT molecular complexity index is 725. The van der Waals surface area contributed by atoms with Gasteiger partial charge in [-0.05, 0) is 19.4 Å². The minimum atomic E-state index is -0.702. The zero-order chi connectivity index (χ0) is 15.9. The molecule has 1 aliphatic heterocycles. The van der Waals surface area contributed by atoms with E-state index in [1.807, 2.05) is 6.92 Å². The van der Waals surface area contributed by atoms with Crippen molar-refractivity contribution in [1.29, 1.82) is 0 Å². The lowest BCUT2D eigenvalue weighted by Gasteiger charge is -2.19. The third kappa shape index (κ3) is 2.29. The Kier molecular flexibility index (Phi) is 3.90. The lowest BCUT2D eigenvalue weighted by molar-refractivity contribution is -0.0352. The molecule has 0 aliphatic carbocycles. The molecule has 4 atom stereocenters. The number of aliphatic hydroxyl groups is 1. The molecule has 0 bridgehead atoms. The topological polar surface area (TPSA) is 132 Å². The van der Waals surface area contributed by atoms with Crippen LogP contribution in [0.1, 0.15) is 26.0 Å². The molecule has 6 N–H and O–H groups in total. The number of pyridine rings is 1. The second-order valence-corrected chi connectivity index (χ2v) is 5.64. The van der Waals surface area contributed by atoms with Crippen molar-refractivity contribution in [2.45, 2.75) is 38.2 Å². The Morgan fingerprint density at radius 3 is 3.00 bits per heavy atom. The molecule has 120 valence electrons. The number of rotatable bonds is 4. The number of hydrogen-bond donors (Lipinski definition) is 4. The summed E-state index contributed by atoms with van der Waals surface area (Å²) in [5, 5.41) is 10.6. The van der Waals surface area contributed by atoms with Crippen LogP contribution in [0, 0.1) is 5.92 Å². The van der Waals surface area contributed by atoms with E-state index >= 15 is 0 Å². The maximum Gasteiger partial charge on any atom is 0.277 e. The second-order valence-electron chi connectivity index (χ2n) is 5.64. The Hall–Kier alpha value is -1.90. The maximum absolute atomic E-state index is 11.9. The number of ether oxygens (including phenoxy) is 1. The zero-order valence-electron chi connectivity index (χ0n) is 12.4. The summed E-state index contributed by atoms with van der Waals surface area (Å²) in [7, 11) is 0. The summed E-state index contributed by atoms with van der Waals surface area (Å²) in [5.74, 6) is 0.217. The quantitative estimate of drug-likeness (QED) is 0.625. The number of nitrogen functional groups attached to an aromatic ring is 1. The lowest BCUT2D eigenvalue weighted by atomic mass is 9.93. The largest absolute Gasteiger partial charge is 0.388 e. The van der Waals surface area contributed by atoms with E-state index in [1.165, 1.54) is 6.33 Å². The summed E-state index contributed by atoms with van der Waals surface area (Å²) in [5.41, 5.74) is 11.8. The van der Waals surface area contributed by atoms with Gasteiger partial charge in [-0.15, -0.1) is 0 Å². The molecule has 0 radical (unpaired) electrons. The van der Waals surface area contributed by atoms with Crippen LogP contribution in [0.2, 0.25) is 0 Å². The van der Waals surface area contributed by atoms with Crippen molar-refractivity contribution in [3.05, 3.63) is 22.7 Å². The number of aromatic nitrogens is 3. The first kappa shape index (κ1) is 15.0. The average molecular weight is 307 g/mol. The average Bonchev–Trinajstić information content (AvgIpc) is 3.02. The maximum atomic E-state index is 11.9. The van der Waals surface area contributed by atoms with Crippen molar-refractivity contribution in [1.82, 2.24) is 14.5 Å². The number of nitrogens with one attached hydrogen (secondary N) is 1. The van der Waals surface area contributed by atoms with Gasteiger partial charge in [0.05, 0.1) is 17.9 Å². The number of aromatic amines is 1. The molecule has 3 heterocycles. The Balaban J connectivity index is 2.03. The van der Waals surface area contributed by atoms with Crippen molar-refractivity contribution in [2.24, 2.45) is 11.7 Å². The van der Waals surface area contributed by atoms with Crippen LogP contribution >= 0.6 is 0 Å². The summed E-state index contributed by atoms with van der Waals surface area (Å²) in [6.07, 6.45) is 1.61. The van der Waals surface area contributed by atoms with Crippen LogP contribution in [0.5, 0.6) is 0 Å². The molecule has 0 saturated carbocycles. The number of fused-ring (bicyclic) bond motifs is 1. The van der Waals surface area contributed by atoms with E-state index in [9.17, 15) is 9.90 Å². The summed E-state index contributed by atoms with van der Waals surface area (Å²) in [6, 6.07) is 1.62. The van der Waals surface area contributed by atoms with Crippen molar-refractivity contribution in [3.63, 3.8) is 0 Å². The van der Waals surface area contributed by atoms with Crippen LogP contribution in [-0.4, -0.2) is 38.4 Å². The second kappa shape index (κ2) is 5.71. The Labute approximate surface area is 127 Å². The molecule has 8 nitrogen and oxygen atoms in total. The molecule has 0 amide bonds. The van der Waals surface area contributed by atoms with Crippen LogP contribution in [-0.2, 0) is 4.74 Å². The molecule has 22 heavy (non-hydrogen) atoms. The lowest BCUT2D eigenvalue weighted by Crippen LogP contribution is -2.28. The summed E-state index contributed by atoms with van der Waals surface area (Å²) < 4.78 is 7.66. The first-order chi connectivity index (χ1) is 10.6. The predicted octanol–water partition coefficient (Wildman–Crippen LogP) is -0.0599. The van der Waals surface area contributed by atoms with E-state index in [-0.39, 0.29) is 28.9 Å². The minimum Gasteiger partial charge on any atom is -0.388 e. The van der Waals surface area contributed by atoms with Gasteiger partial charge < -0.3 is 30.9 Å². The summed E-state index contributed by atoms with van der Waals surface area (Å²) in [4.78, 5) is 18.5. The number of imidazole rings is 1. The van der Waals surface area contributed by atoms with Gasteiger partial charge in [0.15, 0.2) is 11.7 Å². The predicted molar refractivity (Wildman–Crippen MR) is 82.1 cm³/mol. The molecular formula is C14H21N5O3. The highest BCUT2D eigenvalue weighted by Crippen LogP contribution is 2.38. The molecule has 0 unspecified atom stereocenters. The molecule has 0 spiro atoms. The molecule has 1 aliphatic rings. The SMILES string of the molecule is CC[C@H]1O[C@@H](n2cnc3c(=O)[nH]c(N)cc32)[C@H](O)[C@@H]1CCN. The van der Waals surface area contributed by atoms with Crippen molar-refractivity contribution in [3.8, 4) is 0 Å². The highest BCUT2D eigenvalue weighted by molar-refractivity contribution is 5.76. The molecule has 1 saturated heterocycles. The van der Waals surface area contributed by atoms with Crippen LogP contribution < -0.4 is 17.0 Å². The van der Waals surface area contributed by atoms with Gasteiger partial charge in [0, 0.05) is 12.0 Å². The van der Waals surface area contributed by atoms with Crippen LogP contribution in [0.3, 0.4) is 0 Å². The Morgan fingerprint density at radius 1 is 1.55 bits per heavy atom. The number of anilines is 1. The normalized spacial score (nSPS) is 28.5. The van der Waals surface area contributed by atoms with E-state index in [0.717, 1.165) is 6.42 Å². The summed E-state index contributed by atoms with van der Waals surface area (Å²) >= 11 is 0. The highest BCUT2D eigenvalue weighted by Gasteiger charge is 2.43. The van der Waals surface area contributed by atoms with E-state index in [4.69, 9.17) is 16.2 Å². The molecule has 8 heteroatoms. The molecule has 3 rings (SSSR count). The highest BCUT2D eigenvalue weighted by atomic mass is 16.5. The van der Waals surface area contributed by atoms with Gasteiger partial charge in [-0.25, -0.2) is 4.98 Å². The molecule has 2 aromatic rings. The zero-order valence-corrected chi connectivity index (χ0v) is 12.4. The number of H-pyrrole nitrogens is 1. The number of aliphatic hydroxyl groups excluding tert-OH is 1. The van der Waals surface area contributed by atoms with Gasteiger partial charge in [-0.1, -0.05) is 6.92 Å². The van der Waals surface area contributed by atoms with E-state index in [0.29, 0.717) is 18.5 Å². The first-order valence-electron chi connectivity index (χ1n) is 7.45. The number of nitrogens with two attached hydrogens (primary N) is 2. The van der Waals surface area contributed by atoms with Gasteiger partial charge in [0.1, 0.15) is 11.9 Å². The third-order valence-corrected chi connectivity index (χ3v) is 4.30. The third-order valence-electron chi connectivity index (χ3n) is 4.30. The van der Waals surface area contributed by atoms with Gasteiger partial charge in [0.2, 0.25) is 0 Å². The van der Waals surface area contributed by atoms with E-state index in [2.05, 4.69) is 9.97 Å². The fraction of sp³-hybridized carbons (Fsp3) is 0.571. The number of nitrogens with zero attached hydrogens (tertiary/aromatic N) is 2. The van der Waals surface area contributed by atoms with Crippen molar-refractivity contribution < 1.29 is 9.84 Å². The molecule has 2 aromatic heterocycles. The first-order valence-corrected chi connectivity index (χ1v) is 7.45. The van der Waals surface area contributed by atoms with E-state index in [1.54, 1.807) is 10.6 Å². The van der Waals surface area contributed by atoms with Gasteiger partial charge in [0.25, 0.3) is 5.56 Å². The van der Waals surface area contributed by atoms with Crippen LogP contribution in [0.4, 0.5) is 5.82 Å². The summed E-state index contributed by atoms with van der Waals surface area (Å²) in [6.45, 7) is 2.50. The monoisotopic (exact) mass is 307 g/mol. The molecular weight excluding hydrogens is 286 g/mol. The fourth-order valence-corrected chi connectivity index (χ4v) is 3.23.